The second kappa shape index (κ2) is 4.22. The third-order valence-electron chi connectivity index (χ3n) is 3.55. The second-order valence-corrected chi connectivity index (χ2v) is 4.85. The van der Waals surface area contributed by atoms with Crippen LogP contribution in [0.4, 0.5) is 4.39 Å². The smallest absolute Gasteiger partial charge is 0.170 e. The van der Waals surface area contributed by atoms with Gasteiger partial charge in [0.2, 0.25) is 0 Å². The van der Waals surface area contributed by atoms with Gasteiger partial charge >= 0.3 is 0 Å². The number of phenolic OH excluding ortho intramolecular Hbond substituents is 1. The van der Waals surface area contributed by atoms with Crippen molar-refractivity contribution in [1.82, 2.24) is 0 Å². The summed E-state index contributed by atoms with van der Waals surface area (Å²) in [6.07, 6.45) is 3.73. The molecule has 1 aliphatic rings. The van der Waals surface area contributed by atoms with Gasteiger partial charge in [0, 0.05) is 22.5 Å². The summed E-state index contributed by atoms with van der Waals surface area (Å²) in [4.78, 5) is 0. The fourth-order valence-electron chi connectivity index (χ4n) is 2.64. The molecule has 0 bridgehead atoms. The molecule has 1 aromatic rings. The van der Waals surface area contributed by atoms with Gasteiger partial charge in [-0.3, -0.25) is 0 Å². The van der Waals surface area contributed by atoms with Crippen LogP contribution in [0.3, 0.4) is 0 Å². The van der Waals surface area contributed by atoms with E-state index < -0.39 is 5.82 Å². The maximum Gasteiger partial charge on any atom is 0.170 e. The molecule has 0 aliphatic heterocycles. The Kier molecular flexibility index (Phi) is 3.08. The van der Waals surface area contributed by atoms with E-state index in [1.165, 1.54) is 12.1 Å². The van der Waals surface area contributed by atoms with Crippen LogP contribution >= 0.6 is 11.6 Å². The highest BCUT2D eigenvalue weighted by molar-refractivity contribution is 6.31. The van der Waals surface area contributed by atoms with Crippen molar-refractivity contribution < 1.29 is 9.50 Å². The molecule has 0 spiro atoms. The van der Waals surface area contributed by atoms with Crippen LogP contribution in [-0.2, 0) is 5.41 Å². The Labute approximate surface area is 99.2 Å². The molecule has 1 saturated carbocycles. The molecule has 0 amide bonds. The molecular formula is C12H15ClFNO. The molecule has 2 rings (SSSR count). The normalized spacial score (nSPS) is 18.9. The zero-order valence-electron chi connectivity index (χ0n) is 8.97. The Bertz CT molecular complexity index is 402. The molecule has 1 aromatic carbocycles. The van der Waals surface area contributed by atoms with E-state index in [0.29, 0.717) is 17.1 Å². The van der Waals surface area contributed by atoms with Gasteiger partial charge in [-0.05, 0) is 25.0 Å². The standard InChI is InChI=1S/C12H15ClFNO/c13-8-3-4-9(16)11(14)10(8)12(7-15)5-1-2-6-12/h3-4,16H,1-2,5-7,15H2. The Balaban J connectivity index is 2.57. The zero-order valence-corrected chi connectivity index (χ0v) is 9.73. The van der Waals surface area contributed by atoms with Crippen LogP contribution in [0, 0.1) is 5.82 Å². The first-order chi connectivity index (χ1) is 7.60. The number of hydrogen-bond acceptors (Lipinski definition) is 2. The van der Waals surface area contributed by atoms with E-state index in [1.807, 2.05) is 0 Å². The van der Waals surface area contributed by atoms with E-state index in [2.05, 4.69) is 0 Å². The molecule has 0 atom stereocenters. The van der Waals surface area contributed by atoms with Crippen LogP contribution in [0.25, 0.3) is 0 Å². The number of aromatic hydroxyl groups is 1. The molecule has 1 fully saturated rings. The van der Waals surface area contributed by atoms with Crippen molar-refractivity contribution in [3.8, 4) is 5.75 Å². The number of hydrogen-bond donors (Lipinski definition) is 2. The van der Waals surface area contributed by atoms with Crippen LogP contribution in [0.5, 0.6) is 5.75 Å². The summed E-state index contributed by atoms with van der Waals surface area (Å²) >= 11 is 6.04. The molecule has 16 heavy (non-hydrogen) atoms. The summed E-state index contributed by atoms with van der Waals surface area (Å²) in [7, 11) is 0. The minimum Gasteiger partial charge on any atom is -0.505 e. The Morgan fingerprint density at radius 3 is 2.56 bits per heavy atom. The third-order valence-corrected chi connectivity index (χ3v) is 3.87. The summed E-state index contributed by atoms with van der Waals surface area (Å²) in [5, 5.41) is 9.78. The first-order valence-electron chi connectivity index (χ1n) is 5.48. The van der Waals surface area contributed by atoms with Crippen molar-refractivity contribution in [2.45, 2.75) is 31.1 Å². The SMILES string of the molecule is NCC1(c2c(Cl)ccc(O)c2F)CCCC1. The molecule has 0 unspecified atom stereocenters. The summed E-state index contributed by atoms with van der Waals surface area (Å²) in [6.45, 7) is 0.368. The fourth-order valence-corrected chi connectivity index (χ4v) is 2.98. The molecule has 4 heteroatoms. The number of phenols is 1. The largest absolute Gasteiger partial charge is 0.505 e. The molecule has 0 heterocycles. The summed E-state index contributed by atoms with van der Waals surface area (Å²) in [5.74, 6) is -0.959. The van der Waals surface area contributed by atoms with Gasteiger partial charge in [-0.15, -0.1) is 0 Å². The molecule has 0 aromatic heterocycles. The number of halogens is 2. The van der Waals surface area contributed by atoms with E-state index in [0.717, 1.165) is 25.7 Å². The first-order valence-corrected chi connectivity index (χ1v) is 5.86. The lowest BCUT2D eigenvalue weighted by Gasteiger charge is -2.29. The van der Waals surface area contributed by atoms with Gasteiger partial charge in [-0.1, -0.05) is 24.4 Å². The summed E-state index contributed by atoms with van der Waals surface area (Å²) in [6, 6.07) is 2.81. The van der Waals surface area contributed by atoms with E-state index >= 15 is 0 Å². The minimum absolute atomic E-state index is 0.348. The van der Waals surface area contributed by atoms with Gasteiger partial charge < -0.3 is 10.8 Å². The van der Waals surface area contributed by atoms with Crippen LogP contribution in [0.15, 0.2) is 12.1 Å². The van der Waals surface area contributed by atoms with Gasteiger partial charge in [0.1, 0.15) is 0 Å². The maximum atomic E-state index is 14.0. The zero-order chi connectivity index (χ0) is 11.8. The second-order valence-electron chi connectivity index (χ2n) is 4.45. The number of benzene rings is 1. The monoisotopic (exact) mass is 243 g/mol. The van der Waals surface area contributed by atoms with Crippen LogP contribution in [0.2, 0.25) is 5.02 Å². The lowest BCUT2D eigenvalue weighted by molar-refractivity contribution is 0.392. The maximum absolute atomic E-state index is 14.0. The van der Waals surface area contributed by atoms with Crippen molar-refractivity contribution in [2.75, 3.05) is 6.54 Å². The molecule has 2 nitrogen and oxygen atoms in total. The highest BCUT2D eigenvalue weighted by atomic mass is 35.5. The van der Waals surface area contributed by atoms with Gasteiger partial charge in [0.15, 0.2) is 11.6 Å². The molecule has 0 saturated heterocycles. The van der Waals surface area contributed by atoms with E-state index in [4.69, 9.17) is 17.3 Å². The lowest BCUT2D eigenvalue weighted by atomic mass is 9.78. The lowest BCUT2D eigenvalue weighted by Crippen LogP contribution is -2.33. The summed E-state index contributed by atoms with van der Waals surface area (Å²) < 4.78 is 14.0. The Hall–Kier alpha value is -0.800. The van der Waals surface area contributed by atoms with E-state index in [1.54, 1.807) is 0 Å². The van der Waals surface area contributed by atoms with E-state index in [9.17, 15) is 9.50 Å². The van der Waals surface area contributed by atoms with Crippen molar-refractivity contribution >= 4 is 11.6 Å². The highest BCUT2D eigenvalue weighted by Crippen LogP contribution is 2.45. The molecule has 0 radical (unpaired) electrons. The molecule has 1 aliphatic carbocycles. The molecular weight excluding hydrogens is 229 g/mol. The summed E-state index contributed by atoms with van der Waals surface area (Å²) in [5.41, 5.74) is 5.79. The quantitative estimate of drug-likeness (QED) is 0.839. The third kappa shape index (κ3) is 1.68. The van der Waals surface area contributed by atoms with E-state index in [-0.39, 0.29) is 11.2 Å². The average Bonchev–Trinajstić information content (AvgIpc) is 2.74. The van der Waals surface area contributed by atoms with Crippen molar-refractivity contribution in [3.63, 3.8) is 0 Å². The van der Waals surface area contributed by atoms with Crippen LogP contribution < -0.4 is 5.73 Å². The Morgan fingerprint density at radius 2 is 2.00 bits per heavy atom. The van der Waals surface area contributed by atoms with Crippen molar-refractivity contribution in [3.05, 3.63) is 28.5 Å². The van der Waals surface area contributed by atoms with Gasteiger partial charge in [0.25, 0.3) is 0 Å². The van der Waals surface area contributed by atoms with Crippen LogP contribution in [0.1, 0.15) is 31.2 Å². The number of nitrogens with two attached hydrogens (primary N) is 1. The topological polar surface area (TPSA) is 46.2 Å². The van der Waals surface area contributed by atoms with Gasteiger partial charge in [0.05, 0.1) is 0 Å². The molecule has 3 N–H and O–H groups in total. The minimum atomic E-state index is -0.611. The predicted octanol–water partition coefficient (Wildman–Crippen LogP) is 2.96. The predicted molar refractivity (Wildman–Crippen MR) is 62.3 cm³/mol. The highest BCUT2D eigenvalue weighted by Gasteiger charge is 2.38. The first kappa shape index (κ1) is 11.7. The van der Waals surface area contributed by atoms with Gasteiger partial charge in [-0.2, -0.15) is 0 Å². The average molecular weight is 244 g/mol. The number of rotatable bonds is 2. The van der Waals surface area contributed by atoms with Crippen LogP contribution in [-0.4, -0.2) is 11.7 Å². The van der Waals surface area contributed by atoms with Gasteiger partial charge in [-0.25, -0.2) is 4.39 Å². The van der Waals surface area contributed by atoms with Crippen molar-refractivity contribution in [1.29, 1.82) is 0 Å². The molecule has 88 valence electrons. The fraction of sp³-hybridized carbons (Fsp3) is 0.500. The Morgan fingerprint density at radius 1 is 1.38 bits per heavy atom. The van der Waals surface area contributed by atoms with Crippen molar-refractivity contribution in [2.24, 2.45) is 5.73 Å².